The normalized spacial score (nSPS) is 34.2. The van der Waals surface area contributed by atoms with Gasteiger partial charge >= 0.3 is 0 Å². The van der Waals surface area contributed by atoms with Crippen LogP contribution in [0.3, 0.4) is 0 Å². The summed E-state index contributed by atoms with van der Waals surface area (Å²) in [4.78, 5) is 4.50. The van der Waals surface area contributed by atoms with E-state index >= 15 is 0 Å². The van der Waals surface area contributed by atoms with E-state index in [0.717, 1.165) is 38.5 Å². The molecule has 1 spiro atoms. The average molecular weight is 387 g/mol. The number of fused-ring (bicyclic) bond motifs is 3. The first-order valence-corrected chi connectivity index (χ1v) is 11.0. The van der Waals surface area contributed by atoms with Crippen molar-refractivity contribution in [2.45, 2.75) is 90.4 Å². The summed E-state index contributed by atoms with van der Waals surface area (Å²) < 4.78 is 12.0. The lowest BCUT2D eigenvalue weighted by atomic mass is 9.79. The number of nitrogens with two attached hydrogens (primary N) is 1. The highest BCUT2D eigenvalue weighted by atomic mass is 16.7. The molecule has 2 N–H and O–H groups in total. The second-order valence-electron chi connectivity index (χ2n) is 8.43. The largest absolute Gasteiger partial charge is 0.386 e. The topological polar surface area (TPSA) is 104 Å². The second-order valence-corrected chi connectivity index (χ2v) is 8.43. The molecule has 3 rings (SSSR count). The fourth-order valence-electron chi connectivity index (χ4n) is 6.18. The Hall–Kier alpha value is -1.63. The van der Waals surface area contributed by atoms with Gasteiger partial charge in [-0.1, -0.05) is 57.8 Å². The Balaban J connectivity index is 2.06. The number of nitrogens with zero attached hydrogens (tertiary/aromatic N) is 3. The molecule has 1 heterocycles. The summed E-state index contributed by atoms with van der Waals surface area (Å²) in [6, 6.07) is 4.96. The Morgan fingerprint density at radius 2 is 1.32 bits per heavy atom. The van der Waals surface area contributed by atoms with E-state index < -0.39 is 22.2 Å². The van der Waals surface area contributed by atoms with Crippen LogP contribution in [0, 0.1) is 38.9 Å². The Kier molecular flexibility index (Phi) is 6.03. The highest BCUT2D eigenvalue weighted by Gasteiger charge is 2.99. The Morgan fingerprint density at radius 1 is 0.857 bits per heavy atom. The van der Waals surface area contributed by atoms with Crippen LogP contribution < -0.4 is 5.73 Å². The van der Waals surface area contributed by atoms with Gasteiger partial charge in [-0.2, -0.15) is 10.5 Å². The molecule has 2 saturated carbocycles. The van der Waals surface area contributed by atoms with Crippen molar-refractivity contribution in [2.24, 2.45) is 27.0 Å². The molecule has 28 heavy (non-hydrogen) atoms. The van der Waals surface area contributed by atoms with Crippen molar-refractivity contribution in [1.82, 2.24) is 0 Å². The Morgan fingerprint density at radius 3 is 1.71 bits per heavy atom. The molecule has 0 unspecified atom stereocenters. The molecule has 6 heteroatoms. The van der Waals surface area contributed by atoms with Crippen molar-refractivity contribution in [3.8, 4) is 12.1 Å². The summed E-state index contributed by atoms with van der Waals surface area (Å²) in [5.41, 5.74) is 3.58. The van der Waals surface area contributed by atoms with Crippen LogP contribution in [-0.2, 0) is 9.47 Å². The molecule has 0 aromatic heterocycles. The van der Waals surface area contributed by atoms with E-state index in [0.29, 0.717) is 13.2 Å². The number of ether oxygens (including phenoxy) is 2. The minimum absolute atomic E-state index is 0.227. The maximum atomic E-state index is 10.5. The molecule has 6 nitrogen and oxygen atoms in total. The van der Waals surface area contributed by atoms with Gasteiger partial charge in [0, 0.05) is 18.6 Å². The zero-order valence-corrected chi connectivity index (χ0v) is 17.4. The monoisotopic (exact) mass is 386 g/mol. The van der Waals surface area contributed by atoms with Crippen molar-refractivity contribution in [2.75, 3.05) is 13.2 Å². The first-order chi connectivity index (χ1) is 13.6. The van der Waals surface area contributed by atoms with Gasteiger partial charge in [-0.15, -0.1) is 0 Å². The maximum Gasteiger partial charge on any atom is 0.293 e. The van der Waals surface area contributed by atoms with Gasteiger partial charge in [0.05, 0.1) is 12.1 Å². The van der Waals surface area contributed by atoms with E-state index in [2.05, 4.69) is 17.1 Å². The lowest BCUT2D eigenvalue weighted by Gasteiger charge is -2.35. The fraction of sp³-hybridized carbons (Fsp3) is 0.864. The van der Waals surface area contributed by atoms with Gasteiger partial charge in [-0.3, -0.25) is 0 Å². The summed E-state index contributed by atoms with van der Waals surface area (Å²) in [6.07, 6.45) is 12.1. The third kappa shape index (κ3) is 2.47. The van der Waals surface area contributed by atoms with E-state index in [-0.39, 0.29) is 5.84 Å². The van der Waals surface area contributed by atoms with Crippen molar-refractivity contribution in [1.29, 1.82) is 10.5 Å². The number of nitriles is 2. The van der Waals surface area contributed by atoms with Crippen LogP contribution in [-0.4, -0.2) is 25.0 Å². The summed E-state index contributed by atoms with van der Waals surface area (Å²) in [7, 11) is 0. The lowest BCUT2D eigenvalue weighted by Crippen LogP contribution is -2.45. The highest BCUT2D eigenvalue weighted by molar-refractivity contribution is 6.00. The van der Waals surface area contributed by atoms with Crippen LogP contribution in [0.1, 0.15) is 84.5 Å². The molecule has 154 valence electrons. The number of rotatable bonds is 4. The van der Waals surface area contributed by atoms with Crippen molar-refractivity contribution in [3.63, 3.8) is 0 Å². The van der Waals surface area contributed by atoms with Crippen LogP contribution in [0.15, 0.2) is 4.99 Å². The quantitative estimate of drug-likeness (QED) is 0.721. The minimum Gasteiger partial charge on any atom is -0.386 e. The van der Waals surface area contributed by atoms with Crippen LogP contribution >= 0.6 is 0 Å². The zero-order chi connectivity index (χ0) is 20.3. The van der Waals surface area contributed by atoms with Gasteiger partial charge in [0.15, 0.2) is 5.41 Å². The number of hydrogen-bond donors (Lipinski definition) is 1. The van der Waals surface area contributed by atoms with E-state index in [4.69, 9.17) is 15.2 Å². The van der Waals surface area contributed by atoms with Gasteiger partial charge in [0.25, 0.3) is 5.91 Å². The number of amidine groups is 1. The molecule has 2 aliphatic carbocycles. The first kappa shape index (κ1) is 21.1. The molecule has 0 aromatic carbocycles. The highest BCUT2D eigenvalue weighted by Crippen LogP contribution is 2.88. The third-order valence-electron chi connectivity index (χ3n) is 7.28. The minimum atomic E-state index is -1.47. The summed E-state index contributed by atoms with van der Waals surface area (Å²) in [6.45, 7) is 4.41. The average Bonchev–Trinajstić information content (AvgIpc) is 3.13. The molecule has 0 radical (unpaired) electrons. The maximum absolute atomic E-state index is 10.5. The summed E-state index contributed by atoms with van der Waals surface area (Å²) in [5, 5.41) is 20.8. The smallest absolute Gasteiger partial charge is 0.293 e. The molecule has 3 aliphatic rings. The van der Waals surface area contributed by atoms with Crippen LogP contribution in [0.4, 0.5) is 0 Å². The van der Waals surface area contributed by atoms with E-state index in [1.54, 1.807) is 0 Å². The van der Waals surface area contributed by atoms with Gasteiger partial charge in [-0.05, 0) is 26.7 Å². The van der Waals surface area contributed by atoms with Crippen molar-refractivity contribution in [3.05, 3.63) is 0 Å². The molecule has 0 bridgehead atoms. The number of hydrogen-bond acceptors (Lipinski definition) is 6. The van der Waals surface area contributed by atoms with Gasteiger partial charge in [0.2, 0.25) is 0 Å². The van der Waals surface area contributed by atoms with Crippen LogP contribution in [0.25, 0.3) is 0 Å². The van der Waals surface area contributed by atoms with Gasteiger partial charge in [0.1, 0.15) is 11.3 Å². The molecular formula is C22H34N4O2. The second kappa shape index (κ2) is 8.01. The standard InChI is InChI=1S/C22H34N4O2/c1-3-27-22(28-4-2)21(17-24)19(20(21,16-23)18(25)26-22)14-12-10-8-6-5-7-9-11-13-15-19/h3-15H2,1-2H3,(H2,25,26)/t20-,21+/m0/s1. The Labute approximate surface area is 169 Å². The molecule has 0 saturated heterocycles. The van der Waals surface area contributed by atoms with Crippen LogP contribution in [0.2, 0.25) is 0 Å². The first-order valence-electron chi connectivity index (χ1n) is 11.0. The van der Waals surface area contributed by atoms with E-state index in [1.165, 1.54) is 32.1 Å². The van der Waals surface area contributed by atoms with Crippen LogP contribution in [0.5, 0.6) is 0 Å². The zero-order valence-electron chi connectivity index (χ0n) is 17.4. The SMILES string of the molecule is CCOC1(OCC)N=C(N)[C@@]2(C#N)C3(CCCCCCCCCCC3)[C@@]12C#N. The molecule has 0 aromatic rings. The lowest BCUT2D eigenvalue weighted by molar-refractivity contribution is -0.261. The Bertz CT molecular complexity index is 674. The van der Waals surface area contributed by atoms with Gasteiger partial charge < -0.3 is 15.2 Å². The van der Waals surface area contributed by atoms with Crippen molar-refractivity contribution < 1.29 is 9.47 Å². The predicted octanol–water partition coefficient (Wildman–Crippen LogP) is 4.41. The summed E-state index contributed by atoms with van der Waals surface area (Å²) >= 11 is 0. The third-order valence-corrected chi connectivity index (χ3v) is 7.28. The van der Waals surface area contributed by atoms with Crippen molar-refractivity contribution >= 4 is 5.84 Å². The number of aliphatic imine (C=N–C) groups is 1. The molecule has 2 fully saturated rings. The molecule has 2 atom stereocenters. The predicted molar refractivity (Wildman–Crippen MR) is 107 cm³/mol. The molecule has 0 amide bonds. The summed E-state index contributed by atoms with van der Waals surface area (Å²) in [5.74, 6) is -1.24. The molecule has 1 aliphatic heterocycles. The fourth-order valence-corrected chi connectivity index (χ4v) is 6.18. The molecular weight excluding hydrogens is 352 g/mol. The van der Waals surface area contributed by atoms with E-state index in [9.17, 15) is 10.5 Å². The van der Waals surface area contributed by atoms with E-state index in [1.807, 2.05) is 13.8 Å². The van der Waals surface area contributed by atoms with Gasteiger partial charge in [-0.25, -0.2) is 4.99 Å².